The van der Waals surface area contributed by atoms with Crippen molar-refractivity contribution in [1.82, 2.24) is 14.5 Å². The van der Waals surface area contributed by atoms with Gasteiger partial charge in [0.1, 0.15) is 5.52 Å². The van der Waals surface area contributed by atoms with Crippen LogP contribution in [-0.4, -0.2) is 33.5 Å². The first-order valence-electron chi connectivity index (χ1n) is 12.0. The Kier molecular flexibility index (Phi) is 6.31. The molecule has 0 spiro atoms. The summed E-state index contributed by atoms with van der Waals surface area (Å²) in [6, 6.07) is 19.6. The van der Waals surface area contributed by atoms with E-state index in [0.717, 1.165) is 22.4 Å². The molecule has 0 unspecified atom stereocenters. The summed E-state index contributed by atoms with van der Waals surface area (Å²) in [6.45, 7) is 5.69. The number of carbonyl (C=O) groups excluding carboxylic acids is 1. The van der Waals surface area contributed by atoms with Crippen LogP contribution in [0.1, 0.15) is 29.5 Å². The van der Waals surface area contributed by atoms with Gasteiger partial charge in [-0.1, -0.05) is 42.5 Å². The molecule has 7 nitrogen and oxygen atoms in total. The van der Waals surface area contributed by atoms with Gasteiger partial charge in [-0.05, 0) is 61.6 Å². The number of benzene rings is 2. The zero-order chi connectivity index (χ0) is 24.4. The summed E-state index contributed by atoms with van der Waals surface area (Å²) in [4.78, 5) is 37.6. The summed E-state index contributed by atoms with van der Waals surface area (Å²) >= 11 is 0. The molecule has 1 amide bonds. The molecule has 1 saturated heterocycles. The van der Waals surface area contributed by atoms with Gasteiger partial charge in [-0.15, -0.1) is 0 Å². The van der Waals surface area contributed by atoms with Crippen molar-refractivity contribution in [2.45, 2.75) is 33.2 Å². The van der Waals surface area contributed by atoms with Crippen LogP contribution in [0, 0.1) is 19.8 Å². The van der Waals surface area contributed by atoms with Gasteiger partial charge in [0.15, 0.2) is 11.5 Å². The number of pyridine rings is 1. The Hall–Kier alpha value is -4.00. The number of carbonyl (C=O) groups is 1. The molecule has 4 aromatic rings. The third kappa shape index (κ3) is 4.67. The molecule has 0 saturated carbocycles. The molecule has 7 heteroatoms. The summed E-state index contributed by atoms with van der Waals surface area (Å²) in [6.07, 6.45) is 3.02. The molecule has 5 rings (SSSR count). The molecule has 178 valence electrons. The van der Waals surface area contributed by atoms with Crippen molar-refractivity contribution < 1.29 is 4.79 Å². The molecule has 2 aromatic heterocycles. The third-order valence-electron chi connectivity index (χ3n) is 6.90. The Morgan fingerprint density at radius 3 is 2.54 bits per heavy atom. The van der Waals surface area contributed by atoms with Crippen molar-refractivity contribution in [2.75, 3.05) is 23.3 Å². The summed E-state index contributed by atoms with van der Waals surface area (Å²) < 4.78 is 1.70. The van der Waals surface area contributed by atoms with Gasteiger partial charge in [0.25, 0.3) is 5.56 Å². The number of anilines is 2. The second-order valence-electron chi connectivity index (χ2n) is 9.16. The number of fused-ring (bicyclic) bond motifs is 1. The molecular weight excluding hydrogens is 438 g/mol. The second kappa shape index (κ2) is 9.70. The SMILES string of the molecule is Cc1cccc(NC(=O)C2CCN(c3nc4cccnc4n(Cc4ccccc4)c3=O)CC2)c1C. The number of piperidine rings is 1. The van der Waals surface area contributed by atoms with Crippen LogP contribution in [0.4, 0.5) is 11.5 Å². The maximum absolute atomic E-state index is 13.6. The predicted octanol–water partition coefficient (Wildman–Crippen LogP) is 4.31. The topological polar surface area (TPSA) is 80.1 Å². The molecule has 0 aliphatic carbocycles. The molecule has 0 bridgehead atoms. The lowest BCUT2D eigenvalue weighted by Gasteiger charge is -2.32. The molecule has 1 aliphatic heterocycles. The van der Waals surface area contributed by atoms with Crippen LogP contribution in [0.25, 0.3) is 11.2 Å². The number of nitrogens with zero attached hydrogens (tertiary/aromatic N) is 4. The van der Waals surface area contributed by atoms with Crippen molar-refractivity contribution in [3.63, 3.8) is 0 Å². The highest BCUT2D eigenvalue weighted by Crippen LogP contribution is 2.25. The van der Waals surface area contributed by atoms with Crippen LogP contribution in [0.5, 0.6) is 0 Å². The van der Waals surface area contributed by atoms with E-state index in [1.54, 1.807) is 10.8 Å². The number of rotatable bonds is 5. The number of amides is 1. The Bertz CT molecular complexity index is 1420. The first-order chi connectivity index (χ1) is 17.0. The highest BCUT2D eigenvalue weighted by molar-refractivity contribution is 5.93. The second-order valence-corrected chi connectivity index (χ2v) is 9.16. The largest absolute Gasteiger partial charge is 0.352 e. The zero-order valence-corrected chi connectivity index (χ0v) is 20.1. The summed E-state index contributed by atoms with van der Waals surface area (Å²) in [5, 5.41) is 3.10. The van der Waals surface area contributed by atoms with Crippen molar-refractivity contribution in [1.29, 1.82) is 0 Å². The molecule has 1 aliphatic rings. The maximum Gasteiger partial charge on any atom is 0.295 e. The Morgan fingerprint density at radius 2 is 1.77 bits per heavy atom. The van der Waals surface area contributed by atoms with Crippen LogP contribution >= 0.6 is 0 Å². The van der Waals surface area contributed by atoms with Crippen LogP contribution in [0.2, 0.25) is 0 Å². The van der Waals surface area contributed by atoms with Gasteiger partial charge in [-0.2, -0.15) is 0 Å². The minimum Gasteiger partial charge on any atom is -0.352 e. The van der Waals surface area contributed by atoms with Gasteiger partial charge in [0.05, 0.1) is 6.54 Å². The van der Waals surface area contributed by atoms with E-state index in [4.69, 9.17) is 0 Å². The van der Waals surface area contributed by atoms with E-state index in [9.17, 15) is 9.59 Å². The average Bonchev–Trinajstić information content (AvgIpc) is 2.89. The van der Waals surface area contributed by atoms with Gasteiger partial charge in [-0.3, -0.25) is 14.2 Å². The molecule has 0 radical (unpaired) electrons. The van der Waals surface area contributed by atoms with Gasteiger partial charge >= 0.3 is 0 Å². The van der Waals surface area contributed by atoms with E-state index in [1.165, 1.54) is 0 Å². The fourth-order valence-electron chi connectivity index (χ4n) is 4.66. The highest BCUT2D eigenvalue weighted by atomic mass is 16.2. The first kappa shape index (κ1) is 22.8. The highest BCUT2D eigenvalue weighted by Gasteiger charge is 2.28. The third-order valence-corrected chi connectivity index (χ3v) is 6.90. The van der Waals surface area contributed by atoms with Crippen molar-refractivity contribution in [2.24, 2.45) is 5.92 Å². The van der Waals surface area contributed by atoms with Gasteiger partial charge in [0, 0.05) is 30.9 Å². The maximum atomic E-state index is 13.6. The smallest absolute Gasteiger partial charge is 0.295 e. The van der Waals surface area contributed by atoms with Crippen LogP contribution < -0.4 is 15.8 Å². The monoisotopic (exact) mass is 467 g/mol. The molecule has 1 N–H and O–H groups in total. The summed E-state index contributed by atoms with van der Waals surface area (Å²) in [7, 11) is 0. The van der Waals surface area contributed by atoms with E-state index < -0.39 is 0 Å². The van der Waals surface area contributed by atoms with E-state index >= 15 is 0 Å². The minimum atomic E-state index is -0.154. The normalized spacial score (nSPS) is 14.3. The lowest BCUT2D eigenvalue weighted by atomic mass is 9.95. The Morgan fingerprint density at radius 1 is 1.00 bits per heavy atom. The van der Waals surface area contributed by atoms with E-state index in [-0.39, 0.29) is 17.4 Å². The summed E-state index contributed by atoms with van der Waals surface area (Å²) in [5.74, 6) is 0.366. The quantitative estimate of drug-likeness (QED) is 0.473. The van der Waals surface area contributed by atoms with E-state index in [0.29, 0.717) is 49.5 Å². The molecular formula is C28H29N5O2. The first-order valence-corrected chi connectivity index (χ1v) is 12.0. The zero-order valence-electron chi connectivity index (χ0n) is 20.1. The van der Waals surface area contributed by atoms with Gasteiger partial charge in [0.2, 0.25) is 5.91 Å². The lowest BCUT2D eigenvalue weighted by molar-refractivity contribution is -0.120. The molecule has 3 heterocycles. The van der Waals surface area contributed by atoms with Crippen LogP contribution in [-0.2, 0) is 11.3 Å². The lowest BCUT2D eigenvalue weighted by Crippen LogP contribution is -2.42. The van der Waals surface area contributed by atoms with Crippen molar-refractivity contribution in [3.8, 4) is 0 Å². The summed E-state index contributed by atoms with van der Waals surface area (Å²) in [5.41, 5.74) is 5.25. The minimum absolute atomic E-state index is 0.0375. The molecule has 2 aromatic carbocycles. The van der Waals surface area contributed by atoms with Crippen molar-refractivity contribution in [3.05, 3.63) is 93.9 Å². The van der Waals surface area contributed by atoms with Crippen molar-refractivity contribution >= 4 is 28.6 Å². The van der Waals surface area contributed by atoms with Gasteiger partial charge in [-0.25, -0.2) is 9.97 Å². The van der Waals surface area contributed by atoms with Crippen LogP contribution in [0.15, 0.2) is 71.7 Å². The Balaban J connectivity index is 1.36. The molecule has 1 fully saturated rings. The number of aromatic nitrogens is 3. The molecule has 35 heavy (non-hydrogen) atoms. The standard InChI is InChI=1S/C28H29N5O2/c1-19-8-6-11-23(20(19)2)31-27(34)22-13-16-32(17-14-22)26-28(35)33(18-21-9-4-3-5-10-21)25-24(30-26)12-7-15-29-25/h3-12,15,22H,13-14,16-18H2,1-2H3,(H,31,34). The fourth-order valence-corrected chi connectivity index (χ4v) is 4.66. The number of hydrogen-bond acceptors (Lipinski definition) is 5. The number of hydrogen-bond donors (Lipinski definition) is 1. The van der Waals surface area contributed by atoms with E-state index in [1.807, 2.05) is 79.4 Å². The van der Waals surface area contributed by atoms with Crippen LogP contribution in [0.3, 0.4) is 0 Å². The van der Waals surface area contributed by atoms with Gasteiger partial charge < -0.3 is 10.2 Å². The van der Waals surface area contributed by atoms with E-state index in [2.05, 4.69) is 15.3 Å². The fraction of sp³-hybridized carbons (Fsp3) is 0.286. The number of nitrogens with one attached hydrogen (secondary N) is 1. The number of aryl methyl sites for hydroxylation is 1. The molecule has 0 atom stereocenters. The predicted molar refractivity (Wildman–Crippen MR) is 139 cm³/mol. The average molecular weight is 468 g/mol. The Labute approximate surface area is 204 Å².